The zero-order valence-electron chi connectivity index (χ0n) is 11.6. The van der Waals surface area contributed by atoms with Gasteiger partial charge in [0.25, 0.3) is 0 Å². The molecule has 3 N–H and O–H groups in total. The number of aromatic nitrogens is 3. The molecule has 0 saturated carbocycles. The summed E-state index contributed by atoms with van der Waals surface area (Å²) in [5.74, 6) is 0.000378. The molecule has 0 unspecified atom stereocenters. The number of nitrogens with zero attached hydrogens (tertiary/aromatic N) is 3. The van der Waals surface area contributed by atoms with Gasteiger partial charge in [0.2, 0.25) is 10.0 Å². The van der Waals surface area contributed by atoms with Gasteiger partial charge < -0.3 is 5.73 Å². The molecule has 0 bridgehead atoms. The summed E-state index contributed by atoms with van der Waals surface area (Å²) in [6.07, 6.45) is 3.30. The summed E-state index contributed by atoms with van der Waals surface area (Å²) in [5, 5.41) is 3.91. The van der Waals surface area contributed by atoms with Gasteiger partial charge in [-0.2, -0.15) is 5.10 Å². The van der Waals surface area contributed by atoms with Crippen LogP contribution in [0.5, 0.6) is 0 Å². The van der Waals surface area contributed by atoms with Gasteiger partial charge in [0.1, 0.15) is 4.90 Å². The molecule has 2 aromatic rings. The monoisotopic (exact) mass is 295 g/mol. The molecule has 108 valence electrons. The quantitative estimate of drug-likeness (QED) is 0.854. The van der Waals surface area contributed by atoms with E-state index in [-0.39, 0.29) is 17.3 Å². The minimum atomic E-state index is -3.70. The largest absolute Gasteiger partial charge is 0.381 e. The number of hydrogen-bond acceptors (Lipinski definition) is 5. The van der Waals surface area contributed by atoms with E-state index in [2.05, 4.69) is 14.8 Å². The van der Waals surface area contributed by atoms with Crippen LogP contribution >= 0.6 is 0 Å². The van der Waals surface area contributed by atoms with Crippen molar-refractivity contribution in [1.29, 1.82) is 0 Å². The van der Waals surface area contributed by atoms with Crippen LogP contribution in [0.15, 0.2) is 23.4 Å². The molecule has 0 aromatic carbocycles. The number of hydrogen-bond donors (Lipinski definition) is 2. The Morgan fingerprint density at radius 1 is 1.40 bits per heavy atom. The lowest BCUT2D eigenvalue weighted by molar-refractivity contribution is 0.580. The molecule has 7 nitrogen and oxygen atoms in total. The highest BCUT2D eigenvalue weighted by Gasteiger charge is 2.24. The Hall–Kier alpha value is -1.93. The number of nitrogens with two attached hydrogens (primary N) is 1. The molecule has 0 aliphatic carbocycles. The predicted molar refractivity (Wildman–Crippen MR) is 75.4 cm³/mol. The number of rotatable bonds is 4. The highest BCUT2D eigenvalue weighted by atomic mass is 32.2. The Morgan fingerprint density at radius 2 is 2.10 bits per heavy atom. The van der Waals surface area contributed by atoms with Gasteiger partial charge in [-0.25, -0.2) is 13.1 Å². The van der Waals surface area contributed by atoms with E-state index in [0.717, 1.165) is 11.1 Å². The lowest BCUT2D eigenvalue weighted by Crippen LogP contribution is -2.25. The van der Waals surface area contributed by atoms with E-state index in [9.17, 15) is 8.42 Å². The van der Waals surface area contributed by atoms with Crippen LogP contribution in [0.4, 0.5) is 5.82 Å². The third-order valence-electron chi connectivity index (χ3n) is 3.17. The lowest BCUT2D eigenvalue weighted by Gasteiger charge is -2.08. The molecule has 0 atom stereocenters. The highest BCUT2D eigenvalue weighted by Crippen LogP contribution is 2.21. The highest BCUT2D eigenvalue weighted by molar-refractivity contribution is 7.89. The molecule has 8 heteroatoms. The fourth-order valence-electron chi connectivity index (χ4n) is 1.87. The predicted octanol–water partition coefficient (Wildman–Crippen LogP) is 0.493. The first-order valence-electron chi connectivity index (χ1n) is 6.01. The Kier molecular flexibility index (Phi) is 3.78. The molecule has 2 rings (SSSR count). The Morgan fingerprint density at radius 3 is 2.65 bits per heavy atom. The third-order valence-corrected chi connectivity index (χ3v) is 4.74. The second kappa shape index (κ2) is 5.22. The second-order valence-electron chi connectivity index (χ2n) is 4.55. The lowest BCUT2D eigenvalue weighted by atomic mass is 10.2. The smallest absolute Gasteiger partial charge is 0.246 e. The van der Waals surface area contributed by atoms with E-state index in [1.165, 1.54) is 4.68 Å². The Balaban J connectivity index is 2.27. The molecular weight excluding hydrogens is 278 g/mol. The van der Waals surface area contributed by atoms with Gasteiger partial charge in [-0.1, -0.05) is 0 Å². The SMILES string of the molecule is Cc1ccncc1CNS(=O)(=O)c1c(N)nn(C)c1C. The Labute approximate surface area is 117 Å². The van der Waals surface area contributed by atoms with E-state index < -0.39 is 10.0 Å². The molecule has 0 amide bonds. The normalized spacial score (nSPS) is 11.8. The molecule has 0 spiro atoms. The summed E-state index contributed by atoms with van der Waals surface area (Å²) in [7, 11) is -2.05. The van der Waals surface area contributed by atoms with E-state index in [4.69, 9.17) is 5.73 Å². The standard InChI is InChI=1S/C12H17N5O2S/c1-8-4-5-14-6-10(8)7-15-20(18,19)11-9(2)17(3)16-12(11)13/h4-6,15H,7H2,1-3H3,(H2,13,16). The molecular formula is C12H17N5O2S. The maximum atomic E-state index is 12.3. The summed E-state index contributed by atoms with van der Waals surface area (Å²) in [6, 6.07) is 1.83. The van der Waals surface area contributed by atoms with Crippen molar-refractivity contribution in [2.24, 2.45) is 7.05 Å². The molecule has 20 heavy (non-hydrogen) atoms. The van der Waals surface area contributed by atoms with Crippen LogP contribution in [0, 0.1) is 13.8 Å². The topological polar surface area (TPSA) is 103 Å². The van der Waals surface area contributed by atoms with Crippen molar-refractivity contribution >= 4 is 15.8 Å². The molecule has 0 saturated heterocycles. The van der Waals surface area contributed by atoms with Gasteiger partial charge in [0, 0.05) is 26.0 Å². The summed E-state index contributed by atoms with van der Waals surface area (Å²) in [4.78, 5) is 4.01. The number of anilines is 1. The first-order valence-corrected chi connectivity index (χ1v) is 7.49. The number of sulfonamides is 1. The summed E-state index contributed by atoms with van der Waals surface area (Å²) >= 11 is 0. The van der Waals surface area contributed by atoms with Gasteiger partial charge in [0.05, 0.1) is 5.69 Å². The van der Waals surface area contributed by atoms with Crippen LogP contribution in [0.25, 0.3) is 0 Å². The van der Waals surface area contributed by atoms with Crippen LogP contribution in [-0.4, -0.2) is 23.2 Å². The van der Waals surface area contributed by atoms with E-state index >= 15 is 0 Å². The van der Waals surface area contributed by atoms with Crippen LogP contribution in [0.1, 0.15) is 16.8 Å². The molecule has 0 aliphatic heterocycles. The Bertz CT molecular complexity index is 736. The maximum absolute atomic E-state index is 12.3. The second-order valence-corrected chi connectivity index (χ2v) is 6.25. The molecule has 0 radical (unpaired) electrons. The average molecular weight is 295 g/mol. The number of nitrogen functional groups attached to an aromatic ring is 1. The van der Waals surface area contributed by atoms with Gasteiger partial charge in [-0.05, 0) is 31.0 Å². The van der Waals surface area contributed by atoms with Crippen LogP contribution in [0.3, 0.4) is 0 Å². The average Bonchev–Trinajstić information content (AvgIpc) is 2.62. The van der Waals surface area contributed by atoms with E-state index in [0.29, 0.717) is 5.69 Å². The van der Waals surface area contributed by atoms with Crippen molar-refractivity contribution in [3.05, 3.63) is 35.3 Å². The third kappa shape index (κ3) is 2.66. The first-order chi connectivity index (χ1) is 9.33. The summed E-state index contributed by atoms with van der Waals surface area (Å²) < 4.78 is 28.6. The maximum Gasteiger partial charge on any atom is 0.246 e. The van der Waals surface area contributed by atoms with Crippen LogP contribution in [0.2, 0.25) is 0 Å². The summed E-state index contributed by atoms with van der Waals surface area (Å²) in [6.45, 7) is 3.72. The van der Waals surface area contributed by atoms with Gasteiger partial charge in [-0.15, -0.1) is 0 Å². The van der Waals surface area contributed by atoms with Crippen molar-refractivity contribution < 1.29 is 8.42 Å². The number of aryl methyl sites for hydroxylation is 2. The van der Waals surface area contributed by atoms with E-state index in [1.807, 2.05) is 13.0 Å². The molecule has 0 fully saturated rings. The fourth-order valence-corrected chi connectivity index (χ4v) is 3.20. The number of nitrogens with one attached hydrogen (secondary N) is 1. The van der Waals surface area contributed by atoms with Crippen LogP contribution in [-0.2, 0) is 23.6 Å². The van der Waals surface area contributed by atoms with Gasteiger partial charge >= 0.3 is 0 Å². The minimum Gasteiger partial charge on any atom is -0.381 e. The number of pyridine rings is 1. The van der Waals surface area contributed by atoms with Crippen molar-refractivity contribution in [3.63, 3.8) is 0 Å². The van der Waals surface area contributed by atoms with Crippen molar-refractivity contribution in [2.75, 3.05) is 5.73 Å². The molecule has 2 heterocycles. The van der Waals surface area contributed by atoms with Crippen molar-refractivity contribution in [1.82, 2.24) is 19.5 Å². The first kappa shape index (κ1) is 14.5. The molecule has 0 aliphatic rings. The minimum absolute atomic E-state index is 0.000378. The zero-order valence-corrected chi connectivity index (χ0v) is 12.4. The van der Waals surface area contributed by atoms with Crippen molar-refractivity contribution in [2.45, 2.75) is 25.3 Å². The zero-order chi connectivity index (χ0) is 14.9. The van der Waals surface area contributed by atoms with Crippen molar-refractivity contribution in [3.8, 4) is 0 Å². The van der Waals surface area contributed by atoms with Crippen LogP contribution < -0.4 is 10.5 Å². The molecule has 2 aromatic heterocycles. The van der Waals surface area contributed by atoms with Gasteiger partial charge in [0.15, 0.2) is 5.82 Å². The fraction of sp³-hybridized carbons (Fsp3) is 0.333. The van der Waals surface area contributed by atoms with Gasteiger partial charge in [-0.3, -0.25) is 9.67 Å². The summed E-state index contributed by atoms with van der Waals surface area (Å²) in [5.41, 5.74) is 7.95. The van der Waals surface area contributed by atoms with E-state index in [1.54, 1.807) is 26.4 Å².